The number of nitrogens with one attached hydrogen (secondary N) is 1. The van der Waals surface area contributed by atoms with Gasteiger partial charge in [0, 0.05) is 0 Å². The maximum absolute atomic E-state index is 11.8. The fourth-order valence-electron chi connectivity index (χ4n) is 2.48. The van der Waals surface area contributed by atoms with Crippen molar-refractivity contribution < 1.29 is 38.9 Å². The Morgan fingerprint density at radius 1 is 1.40 bits per heavy atom. The molecule has 0 aromatic carbocycles. The highest BCUT2D eigenvalue weighted by atomic mass is 31.2. The molecule has 8 N–H and O–H groups in total. The number of nitrogens with two attached hydrogens (primary N) is 1. The molecule has 1 unspecified atom stereocenters. The van der Waals surface area contributed by atoms with E-state index in [0.717, 1.165) is 10.9 Å². The van der Waals surface area contributed by atoms with E-state index in [9.17, 15) is 24.7 Å². The number of nitrogens with zero attached hydrogens (tertiary/aromatic N) is 3. The summed E-state index contributed by atoms with van der Waals surface area (Å²) in [4.78, 5) is 39.1. The largest absolute Gasteiger partial charge is 0.472 e. The van der Waals surface area contributed by atoms with Crippen LogP contribution in [0.15, 0.2) is 11.1 Å². The molecule has 25 heavy (non-hydrogen) atoms. The van der Waals surface area contributed by atoms with E-state index >= 15 is 0 Å². The number of ether oxygens (including phenoxy) is 1. The average molecular weight is 379 g/mol. The topological polar surface area (TPSA) is 226 Å². The number of hydrogen-bond acceptors (Lipinski definition) is 10. The molecular formula is C10H14N5O9P. The minimum Gasteiger partial charge on any atom is -0.387 e. The Balaban J connectivity index is 1.94. The molecule has 3 heterocycles. The summed E-state index contributed by atoms with van der Waals surface area (Å²) in [7, 11) is -5.07. The predicted octanol–water partition coefficient (Wildman–Crippen LogP) is -3.25. The van der Waals surface area contributed by atoms with Crippen molar-refractivity contribution in [3.05, 3.63) is 16.7 Å². The average Bonchev–Trinajstić information content (AvgIpc) is 3.00. The van der Waals surface area contributed by atoms with Crippen molar-refractivity contribution in [1.29, 1.82) is 0 Å². The van der Waals surface area contributed by atoms with Gasteiger partial charge in [-0.2, -0.15) is 4.98 Å². The number of aliphatic hydroxyl groups is 3. The second-order valence-corrected chi connectivity index (χ2v) is 6.43. The van der Waals surface area contributed by atoms with E-state index in [-0.39, 0.29) is 17.1 Å². The zero-order valence-electron chi connectivity index (χ0n) is 12.2. The van der Waals surface area contributed by atoms with Crippen LogP contribution in [-0.4, -0.2) is 69.2 Å². The van der Waals surface area contributed by atoms with Gasteiger partial charge in [0.15, 0.2) is 23.7 Å². The third-order valence-electron chi connectivity index (χ3n) is 3.53. The van der Waals surface area contributed by atoms with Crippen molar-refractivity contribution in [2.75, 3.05) is 5.73 Å². The number of aromatic amines is 1. The van der Waals surface area contributed by atoms with Crippen LogP contribution in [0.5, 0.6) is 0 Å². The molecule has 1 saturated heterocycles. The first kappa shape index (κ1) is 17.9. The van der Waals surface area contributed by atoms with Crippen LogP contribution in [0.1, 0.15) is 6.23 Å². The molecule has 0 radical (unpaired) electrons. The zero-order chi connectivity index (χ0) is 18.5. The number of imidazole rings is 1. The number of H-pyrrole nitrogens is 1. The Morgan fingerprint density at radius 3 is 2.72 bits per heavy atom. The van der Waals surface area contributed by atoms with Crippen molar-refractivity contribution in [2.45, 2.75) is 30.8 Å². The van der Waals surface area contributed by atoms with Crippen molar-refractivity contribution in [3.63, 3.8) is 0 Å². The molecule has 0 saturated carbocycles. The van der Waals surface area contributed by atoms with Gasteiger partial charge in [0.25, 0.3) is 5.56 Å². The first-order valence-electron chi connectivity index (χ1n) is 6.74. The SMILES string of the molecule is Nc1nc2c(ncn2[C@@H]2O[C@H](C(O)OP(=O)(O)O)[C@@H](O)[C@H]2O)c(=O)[nH]1. The van der Waals surface area contributed by atoms with E-state index in [4.69, 9.17) is 20.3 Å². The summed E-state index contributed by atoms with van der Waals surface area (Å²) in [6, 6.07) is 0. The van der Waals surface area contributed by atoms with Crippen molar-refractivity contribution in [1.82, 2.24) is 19.5 Å². The highest BCUT2D eigenvalue weighted by molar-refractivity contribution is 7.46. The van der Waals surface area contributed by atoms with Gasteiger partial charge in [-0.05, 0) is 0 Å². The summed E-state index contributed by atoms with van der Waals surface area (Å²) in [6.45, 7) is 0. The summed E-state index contributed by atoms with van der Waals surface area (Å²) in [5, 5.41) is 29.7. The Morgan fingerprint density at radius 2 is 2.08 bits per heavy atom. The minimum absolute atomic E-state index is 0.0662. The predicted molar refractivity (Wildman–Crippen MR) is 77.6 cm³/mol. The monoisotopic (exact) mass is 379 g/mol. The molecule has 14 nitrogen and oxygen atoms in total. The van der Waals surface area contributed by atoms with E-state index in [2.05, 4.69) is 19.5 Å². The quantitative estimate of drug-likeness (QED) is 0.205. The maximum atomic E-state index is 11.8. The van der Waals surface area contributed by atoms with Gasteiger partial charge in [-0.1, -0.05) is 0 Å². The summed E-state index contributed by atoms with van der Waals surface area (Å²) >= 11 is 0. The van der Waals surface area contributed by atoms with Crippen LogP contribution in [0.25, 0.3) is 11.2 Å². The number of phosphoric acid groups is 1. The minimum atomic E-state index is -5.07. The number of hydrogen-bond donors (Lipinski definition) is 7. The number of fused-ring (bicyclic) bond motifs is 1. The standard InChI is InChI=1S/C10H14N5O9P/c11-10-13-6-2(7(18)14-10)12-1-15(6)8-4(17)3(16)5(23-8)9(19)24-25(20,21)22/h1,3-5,8-9,16-17,19H,(H2,20,21,22)(H3,11,13,14,18)/t3-,4+,5-,8+,9?/m0/s1. The van der Waals surface area contributed by atoms with Crippen LogP contribution in [0.2, 0.25) is 0 Å². The van der Waals surface area contributed by atoms with Gasteiger partial charge in [0.1, 0.15) is 18.3 Å². The van der Waals surface area contributed by atoms with Crippen LogP contribution in [0.3, 0.4) is 0 Å². The van der Waals surface area contributed by atoms with Crippen LogP contribution in [-0.2, 0) is 13.8 Å². The third-order valence-corrected chi connectivity index (χ3v) is 4.02. The van der Waals surface area contributed by atoms with Gasteiger partial charge in [0.2, 0.25) is 5.95 Å². The maximum Gasteiger partial charge on any atom is 0.472 e. The van der Waals surface area contributed by atoms with E-state index in [1.165, 1.54) is 0 Å². The highest BCUT2D eigenvalue weighted by Crippen LogP contribution is 2.41. The number of aromatic nitrogens is 4. The molecule has 0 spiro atoms. The molecule has 2 aromatic heterocycles. The van der Waals surface area contributed by atoms with E-state index in [1.54, 1.807) is 0 Å². The van der Waals surface area contributed by atoms with Crippen LogP contribution >= 0.6 is 7.82 Å². The van der Waals surface area contributed by atoms with Gasteiger partial charge >= 0.3 is 7.82 Å². The molecule has 15 heteroatoms. The Labute approximate surface area is 137 Å². The molecule has 2 aromatic rings. The summed E-state index contributed by atoms with van der Waals surface area (Å²) < 4.78 is 21.1. The van der Waals surface area contributed by atoms with Crippen molar-refractivity contribution in [3.8, 4) is 0 Å². The first-order chi connectivity index (χ1) is 11.6. The smallest absolute Gasteiger partial charge is 0.387 e. The van der Waals surface area contributed by atoms with Crippen LogP contribution in [0.4, 0.5) is 5.95 Å². The van der Waals surface area contributed by atoms with Gasteiger partial charge in [0.05, 0.1) is 6.33 Å². The lowest BCUT2D eigenvalue weighted by molar-refractivity contribution is -0.161. The Bertz CT molecular complexity index is 893. The Hall–Kier alpha value is -1.90. The molecule has 0 bridgehead atoms. The molecule has 1 fully saturated rings. The number of aliphatic hydroxyl groups excluding tert-OH is 3. The molecule has 1 aliphatic heterocycles. The summed E-state index contributed by atoms with van der Waals surface area (Å²) in [5.41, 5.74) is 4.63. The van der Waals surface area contributed by atoms with Crippen LogP contribution in [0, 0.1) is 0 Å². The molecule has 138 valence electrons. The normalized spacial score (nSPS) is 28.5. The van der Waals surface area contributed by atoms with Gasteiger partial charge in [-0.3, -0.25) is 18.9 Å². The van der Waals surface area contributed by atoms with Gasteiger partial charge < -0.3 is 35.6 Å². The molecule has 5 atom stereocenters. The molecular weight excluding hydrogens is 365 g/mol. The molecule has 0 aliphatic carbocycles. The molecule has 3 rings (SSSR count). The first-order valence-corrected chi connectivity index (χ1v) is 8.27. The van der Waals surface area contributed by atoms with E-state index < -0.39 is 44.2 Å². The lowest BCUT2D eigenvalue weighted by atomic mass is 10.1. The second kappa shape index (κ2) is 6.12. The summed E-state index contributed by atoms with van der Waals surface area (Å²) in [6.07, 6.45) is -7.63. The Kier molecular flexibility index (Phi) is 4.38. The fraction of sp³-hybridized carbons (Fsp3) is 0.500. The molecule has 1 aliphatic rings. The zero-order valence-corrected chi connectivity index (χ0v) is 13.1. The second-order valence-electron chi connectivity index (χ2n) is 5.23. The van der Waals surface area contributed by atoms with Crippen LogP contribution < -0.4 is 11.3 Å². The van der Waals surface area contributed by atoms with E-state index in [1.807, 2.05) is 0 Å². The lowest BCUT2D eigenvalue weighted by Crippen LogP contribution is -2.39. The van der Waals surface area contributed by atoms with Gasteiger partial charge in [-0.15, -0.1) is 0 Å². The van der Waals surface area contributed by atoms with Gasteiger partial charge in [-0.25, -0.2) is 9.55 Å². The third kappa shape index (κ3) is 3.29. The number of anilines is 1. The van der Waals surface area contributed by atoms with Crippen molar-refractivity contribution in [2.24, 2.45) is 0 Å². The van der Waals surface area contributed by atoms with Crippen molar-refractivity contribution >= 4 is 24.9 Å². The van der Waals surface area contributed by atoms with E-state index in [0.29, 0.717) is 0 Å². The number of nitrogen functional groups attached to an aromatic ring is 1. The highest BCUT2D eigenvalue weighted by Gasteiger charge is 2.49. The summed E-state index contributed by atoms with van der Waals surface area (Å²) in [5.74, 6) is -0.228. The molecule has 0 amide bonds. The number of rotatable bonds is 4. The lowest BCUT2D eigenvalue weighted by Gasteiger charge is -2.21. The fourth-order valence-corrected chi connectivity index (χ4v) is 2.88. The number of phosphoric ester groups is 1.